The van der Waals surface area contributed by atoms with E-state index in [1.165, 1.54) is 10.4 Å². The van der Waals surface area contributed by atoms with Crippen molar-refractivity contribution in [1.29, 1.82) is 0 Å². The maximum atomic E-state index is 3.85. The second-order valence-electron chi connectivity index (χ2n) is 3.61. The van der Waals surface area contributed by atoms with Crippen LogP contribution in [-0.2, 0) is 0 Å². The Hall–Kier alpha value is -1.80. The van der Waals surface area contributed by atoms with Crippen molar-refractivity contribution >= 4 is 35.3 Å². The topological polar surface area (TPSA) is 12.0 Å². The van der Waals surface area contributed by atoms with E-state index in [2.05, 4.69) is 53.7 Å². The Morgan fingerprint density at radius 1 is 1.18 bits per heavy atom. The summed E-state index contributed by atoms with van der Waals surface area (Å²) in [5.41, 5.74) is 3.44. The van der Waals surface area contributed by atoms with Crippen molar-refractivity contribution in [2.75, 3.05) is 12.4 Å². The Kier molecular flexibility index (Phi) is 3.78. The average molecular weight is 241 g/mol. The minimum Gasteiger partial charge on any atom is -0.388 e. The van der Waals surface area contributed by atoms with Gasteiger partial charge in [0.25, 0.3) is 0 Å². The van der Waals surface area contributed by atoms with E-state index in [1.807, 2.05) is 19.2 Å². The summed E-state index contributed by atoms with van der Waals surface area (Å²) in [5, 5.41) is 5.29. The number of thiophene rings is 1. The highest BCUT2D eigenvalue weighted by Crippen LogP contribution is 2.24. The number of hydrogen-bond acceptors (Lipinski definition) is 2. The quantitative estimate of drug-likeness (QED) is 0.824. The van der Waals surface area contributed by atoms with E-state index < -0.39 is 0 Å². The molecular formula is C15H15NS. The molecule has 0 atom stereocenters. The number of anilines is 1. The molecule has 0 unspecified atom stereocenters. The zero-order valence-electron chi connectivity index (χ0n) is 9.81. The van der Waals surface area contributed by atoms with Gasteiger partial charge in [0.2, 0.25) is 0 Å². The lowest BCUT2D eigenvalue weighted by molar-refractivity contribution is 1.48. The summed E-state index contributed by atoms with van der Waals surface area (Å²) in [6.45, 7) is 3.85. The Morgan fingerprint density at radius 3 is 2.71 bits per heavy atom. The van der Waals surface area contributed by atoms with E-state index in [-0.39, 0.29) is 0 Å². The normalized spacial score (nSPS) is 10.6. The standard InChI is InChI=1S/C15H15NS/c1-3-12-6-4-8-15(16-2)14(12)10-9-13-7-5-11-17-13/h3-11,16H,1H2,2H3/b10-9+. The third kappa shape index (κ3) is 2.66. The second kappa shape index (κ2) is 5.51. The molecule has 17 heavy (non-hydrogen) atoms. The number of rotatable bonds is 4. The molecule has 86 valence electrons. The van der Waals surface area contributed by atoms with Crippen molar-refractivity contribution < 1.29 is 0 Å². The van der Waals surface area contributed by atoms with E-state index in [1.54, 1.807) is 11.3 Å². The summed E-state index contributed by atoms with van der Waals surface area (Å²) in [6, 6.07) is 10.3. The first-order chi connectivity index (χ1) is 8.35. The molecule has 1 heterocycles. The predicted molar refractivity (Wildman–Crippen MR) is 79.3 cm³/mol. The third-order valence-corrected chi connectivity index (χ3v) is 3.42. The molecule has 0 saturated carbocycles. The van der Waals surface area contributed by atoms with E-state index >= 15 is 0 Å². The molecule has 2 heteroatoms. The molecule has 0 radical (unpaired) electrons. The van der Waals surface area contributed by atoms with Crippen LogP contribution in [-0.4, -0.2) is 7.05 Å². The summed E-state index contributed by atoms with van der Waals surface area (Å²) in [5.74, 6) is 0. The first-order valence-corrected chi connectivity index (χ1v) is 6.38. The summed E-state index contributed by atoms with van der Waals surface area (Å²) in [4.78, 5) is 1.26. The summed E-state index contributed by atoms with van der Waals surface area (Å²) >= 11 is 1.74. The van der Waals surface area contributed by atoms with Gasteiger partial charge in [-0.1, -0.05) is 36.9 Å². The molecule has 1 aromatic carbocycles. The van der Waals surface area contributed by atoms with Gasteiger partial charge in [-0.25, -0.2) is 0 Å². The fourth-order valence-electron chi connectivity index (χ4n) is 1.72. The largest absolute Gasteiger partial charge is 0.388 e. The summed E-state index contributed by atoms with van der Waals surface area (Å²) in [6.07, 6.45) is 6.15. The molecule has 0 fully saturated rings. The first-order valence-electron chi connectivity index (χ1n) is 5.50. The van der Waals surface area contributed by atoms with Gasteiger partial charge in [-0.2, -0.15) is 0 Å². The van der Waals surface area contributed by atoms with E-state index in [0.717, 1.165) is 11.3 Å². The van der Waals surface area contributed by atoms with E-state index in [4.69, 9.17) is 0 Å². The van der Waals surface area contributed by atoms with Gasteiger partial charge >= 0.3 is 0 Å². The van der Waals surface area contributed by atoms with Crippen LogP contribution in [0.15, 0.2) is 42.3 Å². The fraction of sp³-hybridized carbons (Fsp3) is 0.0667. The predicted octanol–water partition coefficient (Wildman–Crippen LogP) is 4.60. The van der Waals surface area contributed by atoms with Crippen LogP contribution < -0.4 is 5.32 Å². The Bertz CT molecular complexity index is 524. The van der Waals surface area contributed by atoms with E-state index in [0.29, 0.717) is 0 Å². The molecule has 0 spiro atoms. The van der Waals surface area contributed by atoms with Gasteiger partial charge < -0.3 is 5.32 Å². The zero-order chi connectivity index (χ0) is 12.1. The smallest absolute Gasteiger partial charge is 0.0417 e. The van der Waals surface area contributed by atoms with Crippen molar-refractivity contribution in [3.8, 4) is 0 Å². The molecule has 0 aliphatic rings. The summed E-state index contributed by atoms with van der Waals surface area (Å²) < 4.78 is 0. The molecule has 0 aliphatic carbocycles. The molecule has 0 saturated heterocycles. The molecule has 2 aromatic rings. The highest BCUT2D eigenvalue weighted by molar-refractivity contribution is 7.10. The van der Waals surface area contributed by atoms with Crippen molar-refractivity contribution in [3.05, 3.63) is 58.3 Å². The second-order valence-corrected chi connectivity index (χ2v) is 4.59. The van der Waals surface area contributed by atoms with Crippen LogP contribution in [0.5, 0.6) is 0 Å². The zero-order valence-corrected chi connectivity index (χ0v) is 10.6. The Balaban J connectivity index is 2.39. The van der Waals surface area contributed by atoms with Gasteiger partial charge in [0.1, 0.15) is 0 Å². The average Bonchev–Trinajstić information content (AvgIpc) is 2.88. The molecule has 0 amide bonds. The van der Waals surface area contributed by atoms with Crippen molar-refractivity contribution in [2.24, 2.45) is 0 Å². The van der Waals surface area contributed by atoms with Crippen LogP contribution in [0.4, 0.5) is 5.69 Å². The van der Waals surface area contributed by atoms with Crippen molar-refractivity contribution in [2.45, 2.75) is 0 Å². The Morgan fingerprint density at radius 2 is 2.06 bits per heavy atom. The SMILES string of the molecule is C=Cc1cccc(NC)c1/C=C/c1cccs1. The van der Waals surface area contributed by atoms with Crippen LogP contribution in [0.2, 0.25) is 0 Å². The minimum absolute atomic E-state index is 1.12. The van der Waals surface area contributed by atoms with Gasteiger partial charge in [0.05, 0.1) is 0 Å². The van der Waals surface area contributed by atoms with Gasteiger partial charge in [0.15, 0.2) is 0 Å². The Labute approximate surface area is 106 Å². The molecule has 0 aliphatic heterocycles. The molecule has 1 N–H and O–H groups in total. The summed E-state index contributed by atoms with van der Waals surface area (Å²) in [7, 11) is 1.94. The lowest BCUT2D eigenvalue weighted by atomic mass is 10.0. The van der Waals surface area contributed by atoms with Gasteiger partial charge in [-0.15, -0.1) is 11.3 Å². The molecular weight excluding hydrogens is 226 g/mol. The van der Waals surface area contributed by atoms with Crippen LogP contribution in [0.1, 0.15) is 16.0 Å². The molecule has 1 nitrogen and oxygen atoms in total. The van der Waals surface area contributed by atoms with Crippen LogP contribution in [0.3, 0.4) is 0 Å². The highest BCUT2D eigenvalue weighted by Gasteiger charge is 2.01. The first kappa shape index (κ1) is 11.7. The van der Waals surface area contributed by atoms with Crippen LogP contribution in [0.25, 0.3) is 18.2 Å². The number of nitrogens with one attached hydrogen (secondary N) is 1. The highest BCUT2D eigenvalue weighted by atomic mass is 32.1. The number of hydrogen-bond donors (Lipinski definition) is 1. The fourth-order valence-corrected chi connectivity index (χ4v) is 2.33. The van der Waals surface area contributed by atoms with Gasteiger partial charge in [0, 0.05) is 23.2 Å². The van der Waals surface area contributed by atoms with Crippen LogP contribution in [0, 0.1) is 0 Å². The molecule has 2 rings (SSSR count). The monoisotopic (exact) mass is 241 g/mol. The molecule has 0 bridgehead atoms. The maximum Gasteiger partial charge on any atom is 0.0417 e. The number of benzene rings is 1. The van der Waals surface area contributed by atoms with Gasteiger partial charge in [-0.3, -0.25) is 0 Å². The van der Waals surface area contributed by atoms with Gasteiger partial charge in [-0.05, 0) is 29.2 Å². The lowest BCUT2D eigenvalue weighted by Gasteiger charge is -2.08. The van der Waals surface area contributed by atoms with Crippen molar-refractivity contribution in [3.63, 3.8) is 0 Å². The van der Waals surface area contributed by atoms with E-state index in [9.17, 15) is 0 Å². The maximum absolute atomic E-state index is 3.85. The minimum atomic E-state index is 1.12. The van der Waals surface area contributed by atoms with Crippen molar-refractivity contribution in [1.82, 2.24) is 0 Å². The third-order valence-electron chi connectivity index (χ3n) is 2.59. The molecule has 1 aromatic heterocycles. The van der Waals surface area contributed by atoms with Crippen LogP contribution >= 0.6 is 11.3 Å². The lowest BCUT2D eigenvalue weighted by Crippen LogP contribution is -1.93.